The van der Waals surface area contributed by atoms with Crippen LogP contribution in [0.3, 0.4) is 0 Å². The first kappa shape index (κ1) is 29.4. The molecular weight excluding hydrogens is 506 g/mol. The Morgan fingerprint density at radius 2 is 1.45 bits per heavy atom. The van der Waals surface area contributed by atoms with E-state index in [4.69, 9.17) is 9.47 Å². The molecule has 8 heteroatoms. The number of piperidine rings is 1. The second-order valence-corrected chi connectivity index (χ2v) is 11.6. The number of unbranched alkanes of at least 4 members (excludes halogenated alkanes) is 3. The first-order valence-corrected chi connectivity index (χ1v) is 14.6. The number of rotatable bonds is 10. The van der Waals surface area contributed by atoms with Crippen LogP contribution in [-0.2, 0) is 14.3 Å². The van der Waals surface area contributed by atoms with Gasteiger partial charge in [0.05, 0.1) is 0 Å². The molecule has 8 nitrogen and oxygen atoms in total. The van der Waals surface area contributed by atoms with Gasteiger partial charge in [-0.15, -0.1) is 0 Å². The number of nitrogens with zero attached hydrogens (tertiary/aromatic N) is 1. The fraction of sp³-hybridized carbons (Fsp3) is 0.531. The van der Waals surface area contributed by atoms with E-state index < -0.39 is 23.8 Å². The van der Waals surface area contributed by atoms with Crippen molar-refractivity contribution < 1.29 is 23.9 Å². The van der Waals surface area contributed by atoms with Crippen molar-refractivity contribution in [2.75, 3.05) is 26.2 Å². The highest BCUT2D eigenvalue weighted by Crippen LogP contribution is 2.44. The average Bonchev–Trinajstić information content (AvgIpc) is 3.25. The fourth-order valence-electron chi connectivity index (χ4n) is 5.54. The molecule has 1 saturated heterocycles. The van der Waals surface area contributed by atoms with Crippen molar-refractivity contribution in [3.63, 3.8) is 0 Å². The Bertz CT molecular complexity index is 1130. The lowest BCUT2D eigenvalue weighted by Crippen LogP contribution is -2.52. The largest absolute Gasteiger partial charge is 0.448 e. The zero-order valence-corrected chi connectivity index (χ0v) is 24.0. The molecule has 1 aliphatic heterocycles. The van der Waals surface area contributed by atoms with E-state index in [9.17, 15) is 14.4 Å². The average molecular weight is 550 g/mol. The van der Waals surface area contributed by atoms with E-state index in [1.807, 2.05) is 45.0 Å². The normalized spacial score (nSPS) is 16.6. The minimum Gasteiger partial charge on any atom is -0.448 e. The van der Waals surface area contributed by atoms with Gasteiger partial charge >= 0.3 is 12.2 Å². The molecule has 1 fully saturated rings. The third-order valence-electron chi connectivity index (χ3n) is 7.45. The molecule has 0 bridgehead atoms. The lowest BCUT2D eigenvalue weighted by molar-refractivity contribution is -0.127. The van der Waals surface area contributed by atoms with Gasteiger partial charge in [-0.05, 0) is 75.1 Å². The molecule has 4 rings (SSSR count). The number of hydrogen-bond acceptors (Lipinski definition) is 5. The Hall–Kier alpha value is -3.55. The second-order valence-electron chi connectivity index (χ2n) is 11.6. The molecule has 0 radical (unpaired) electrons. The fourth-order valence-corrected chi connectivity index (χ4v) is 5.54. The standard InChI is InChI=1S/C32H43N3O5/c1-32(2,3)40-30(37)34-20-12-5-4-11-19-33-29(36)28-18-10-13-21-35(28)31(38)39-22-27-25-16-8-6-14-23(25)24-15-7-9-17-26(24)27/h6-9,14-17,27-28H,4-5,10-13,18-22H2,1-3H3,(H,33,36)(H,34,37)/t28-/m0/s1. The minimum absolute atomic E-state index is 0.00671. The highest BCUT2D eigenvalue weighted by atomic mass is 16.6. The quantitative estimate of drug-likeness (QED) is 0.355. The number of amides is 3. The summed E-state index contributed by atoms with van der Waals surface area (Å²) in [6.45, 7) is 7.42. The maximum absolute atomic E-state index is 13.2. The zero-order chi connectivity index (χ0) is 28.5. The summed E-state index contributed by atoms with van der Waals surface area (Å²) in [5.74, 6) is -0.118. The SMILES string of the molecule is CC(C)(C)OC(=O)NCCCCCCNC(=O)[C@@H]1CCCCN1C(=O)OCC1c2ccccc2-c2ccccc21. The molecule has 0 spiro atoms. The van der Waals surface area contributed by atoms with Crippen LogP contribution in [0.5, 0.6) is 0 Å². The van der Waals surface area contributed by atoms with Gasteiger partial charge in [0.2, 0.25) is 5.91 Å². The van der Waals surface area contributed by atoms with E-state index in [-0.39, 0.29) is 18.4 Å². The monoisotopic (exact) mass is 549 g/mol. The molecule has 0 unspecified atom stereocenters. The van der Waals surface area contributed by atoms with Crippen molar-refractivity contribution in [3.8, 4) is 11.1 Å². The molecule has 1 heterocycles. The van der Waals surface area contributed by atoms with Crippen molar-refractivity contribution >= 4 is 18.1 Å². The van der Waals surface area contributed by atoms with Crippen molar-refractivity contribution in [3.05, 3.63) is 59.7 Å². The first-order valence-electron chi connectivity index (χ1n) is 14.6. The van der Waals surface area contributed by atoms with Gasteiger partial charge in [-0.2, -0.15) is 0 Å². The topological polar surface area (TPSA) is 97.0 Å². The predicted molar refractivity (Wildman–Crippen MR) is 155 cm³/mol. The Morgan fingerprint density at radius 3 is 2.08 bits per heavy atom. The van der Waals surface area contributed by atoms with Crippen LogP contribution in [0.2, 0.25) is 0 Å². The summed E-state index contributed by atoms with van der Waals surface area (Å²) in [5.41, 5.74) is 4.22. The third-order valence-corrected chi connectivity index (χ3v) is 7.45. The maximum atomic E-state index is 13.2. The van der Waals surface area contributed by atoms with Crippen LogP contribution in [0.25, 0.3) is 11.1 Å². The van der Waals surface area contributed by atoms with Crippen LogP contribution >= 0.6 is 0 Å². The Labute approximate surface area is 237 Å². The summed E-state index contributed by atoms with van der Waals surface area (Å²) in [4.78, 5) is 39.5. The van der Waals surface area contributed by atoms with Gasteiger partial charge in [0, 0.05) is 25.6 Å². The Morgan fingerprint density at radius 1 is 0.850 bits per heavy atom. The highest BCUT2D eigenvalue weighted by molar-refractivity contribution is 5.86. The maximum Gasteiger partial charge on any atom is 0.410 e. The molecule has 0 aromatic heterocycles. The van der Waals surface area contributed by atoms with Gasteiger partial charge in [0.1, 0.15) is 18.2 Å². The van der Waals surface area contributed by atoms with Gasteiger partial charge in [0.25, 0.3) is 0 Å². The van der Waals surface area contributed by atoms with E-state index in [1.54, 1.807) is 4.90 Å². The molecule has 2 aromatic rings. The molecular formula is C32H43N3O5. The van der Waals surface area contributed by atoms with Crippen molar-refractivity contribution in [2.45, 2.75) is 83.3 Å². The first-order chi connectivity index (χ1) is 19.2. The van der Waals surface area contributed by atoms with Crippen LogP contribution < -0.4 is 10.6 Å². The molecule has 1 aliphatic carbocycles. The van der Waals surface area contributed by atoms with Gasteiger partial charge < -0.3 is 20.1 Å². The summed E-state index contributed by atoms with van der Waals surface area (Å²) in [5, 5.41) is 5.78. The molecule has 3 amide bonds. The molecule has 216 valence electrons. The Balaban J connectivity index is 1.19. The number of hydrogen-bond donors (Lipinski definition) is 2. The van der Waals surface area contributed by atoms with E-state index in [0.717, 1.165) is 38.5 Å². The Kier molecular flexibility index (Phi) is 10.1. The summed E-state index contributed by atoms with van der Waals surface area (Å²) in [6, 6.07) is 16.0. The number of benzene rings is 2. The van der Waals surface area contributed by atoms with Crippen molar-refractivity contribution in [2.24, 2.45) is 0 Å². The van der Waals surface area contributed by atoms with Crippen molar-refractivity contribution in [1.29, 1.82) is 0 Å². The smallest absolute Gasteiger partial charge is 0.410 e. The molecule has 1 atom stereocenters. The molecule has 40 heavy (non-hydrogen) atoms. The summed E-state index contributed by atoms with van der Waals surface area (Å²) in [7, 11) is 0. The van der Waals surface area contributed by atoms with E-state index in [2.05, 4.69) is 34.9 Å². The van der Waals surface area contributed by atoms with Crippen LogP contribution in [-0.4, -0.2) is 60.9 Å². The summed E-state index contributed by atoms with van der Waals surface area (Å²) >= 11 is 0. The number of nitrogens with one attached hydrogen (secondary N) is 2. The van der Waals surface area contributed by atoms with E-state index in [1.165, 1.54) is 22.3 Å². The van der Waals surface area contributed by atoms with Crippen LogP contribution in [0.4, 0.5) is 9.59 Å². The lowest BCUT2D eigenvalue weighted by Gasteiger charge is -2.34. The zero-order valence-electron chi connectivity index (χ0n) is 24.0. The van der Waals surface area contributed by atoms with Crippen LogP contribution in [0.1, 0.15) is 82.8 Å². The van der Waals surface area contributed by atoms with E-state index >= 15 is 0 Å². The van der Waals surface area contributed by atoms with Gasteiger partial charge in [-0.3, -0.25) is 9.69 Å². The number of alkyl carbamates (subject to hydrolysis) is 1. The predicted octanol–water partition coefficient (Wildman–Crippen LogP) is 5.99. The minimum atomic E-state index is -0.499. The second kappa shape index (κ2) is 13.7. The van der Waals surface area contributed by atoms with Crippen LogP contribution in [0, 0.1) is 0 Å². The number of fused-ring (bicyclic) bond motifs is 3. The molecule has 2 N–H and O–H groups in total. The van der Waals surface area contributed by atoms with Gasteiger partial charge in [-0.25, -0.2) is 9.59 Å². The third kappa shape index (κ3) is 7.77. The molecule has 2 aromatic carbocycles. The summed E-state index contributed by atoms with van der Waals surface area (Å²) in [6.07, 6.45) is 5.19. The number of carbonyl (C=O) groups is 3. The lowest BCUT2D eigenvalue weighted by atomic mass is 9.98. The van der Waals surface area contributed by atoms with Crippen LogP contribution in [0.15, 0.2) is 48.5 Å². The van der Waals surface area contributed by atoms with E-state index in [0.29, 0.717) is 26.1 Å². The van der Waals surface area contributed by atoms with Gasteiger partial charge in [0.15, 0.2) is 0 Å². The summed E-state index contributed by atoms with van der Waals surface area (Å²) < 4.78 is 11.1. The number of likely N-dealkylation sites (tertiary alicyclic amines) is 1. The van der Waals surface area contributed by atoms with Crippen molar-refractivity contribution in [1.82, 2.24) is 15.5 Å². The number of ether oxygens (including phenoxy) is 2. The highest BCUT2D eigenvalue weighted by Gasteiger charge is 2.35. The number of carbonyl (C=O) groups excluding carboxylic acids is 3. The van der Waals surface area contributed by atoms with Gasteiger partial charge in [-0.1, -0.05) is 61.4 Å². The molecule has 0 saturated carbocycles. The molecule has 2 aliphatic rings.